The summed E-state index contributed by atoms with van der Waals surface area (Å²) in [4.78, 5) is 18.1. The lowest BCUT2D eigenvalue weighted by Gasteiger charge is -2.41. The number of aliphatic hydroxyl groups excluding tert-OH is 4. The van der Waals surface area contributed by atoms with Crippen LogP contribution in [0.1, 0.15) is 31.4 Å². The van der Waals surface area contributed by atoms with Crippen molar-refractivity contribution in [1.82, 2.24) is 5.32 Å². The second kappa shape index (κ2) is 13.6. The van der Waals surface area contributed by atoms with Crippen LogP contribution in [-0.4, -0.2) is 99.0 Å². The maximum Gasteiger partial charge on any atom is 0.247 e. The Hall–Kier alpha value is -3.63. The van der Waals surface area contributed by atoms with Gasteiger partial charge in [-0.25, -0.2) is 4.39 Å². The molecule has 2 heterocycles. The van der Waals surface area contributed by atoms with Crippen molar-refractivity contribution in [2.45, 2.75) is 81.9 Å². The van der Waals surface area contributed by atoms with Crippen LogP contribution in [0.15, 0.2) is 53.2 Å². The lowest BCUT2D eigenvalue weighted by molar-refractivity contribution is -0.155. The molecule has 2 aromatic carbocycles. The molecule has 44 heavy (non-hydrogen) atoms. The van der Waals surface area contributed by atoms with Crippen LogP contribution >= 0.6 is 0 Å². The average Bonchev–Trinajstić information content (AvgIpc) is 3.63. The van der Waals surface area contributed by atoms with Gasteiger partial charge in [-0.15, -0.1) is 0 Å². The minimum atomic E-state index is -1.48. The largest absolute Gasteiger partial charge is 0.504 e. The lowest BCUT2D eigenvalue weighted by atomic mass is 9.83. The molecule has 2 aliphatic heterocycles. The number of phenolic OH excluding ortho intramolecular Hbond substituents is 1. The van der Waals surface area contributed by atoms with Gasteiger partial charge in [0.15, 0.2) is 11.5 Å². The van der Waals surface area contributed by atoms with Gasteiger partial charge in [0.2, 0.25) is 12.2 Å². The Morgan fingerprint density at radius 1 is 1.05 bits per heavy atom. The highest BCUT2D eigenvalue weighted by molar-refractivity contribution is 5.97. The highest BCUT2D eigenvalue weighted by atomic mass is 19.1. The Kier molecular flexibility index (Phi) is 9.80. The standard InChI is InChI=1S/C30H35FN2O11/c1-14(30(39)32-23-24(36)26(38)29-28(25(23)37)40-13-41-29)9-17-5-8-21(19(34)10-17)43-22-11-20(35)27(44-22)15(2)33-42-12-16-3-6-18(31)7-4-16/h3-10,20,22-29,34-38H,11-13H2,1-2H3,(H,32,39)/b14-9+,33-15+/t20-,22-,23+,24-,25+,26+,27+,28-,29+/m0/s1. The molecule has 0 radical (unpaired) electrons. The molecule has 13 nitrogen and oxygen atoms in total. The minimum absolute atomic E-state index is 0.0834. The van der Waals surface area contributed by atoms with E-state index >= 15 is 0 Å². The third-order valence-electron chi connectivity index (χ3n) is 7.73. The maximum absolute atomic E-state index is 13.1. The van der Waals surface area contributed by atoms with E-state index in [-0.39, 0.29) is 42.7 Å². The molecular weight excluding hydrogens is 583 g/mol. The molecule has 9 atom stereocenters. The summed E-state index contributed by atoms with van der Waals surface area (Å²) in [7, 11) is 0. The van der Waals surface area contributed by atoms with Crippen LogP contribution in [-0.2, 0) is 30.4 Å². The van der Waals surface area contributed by atoms with E-state index in [9.17, 15) is 34.7 Å². The van der Waals surface area contributed by atoms with E-state index in [2.05, 4.69) is 10.5 Å². The Bertz CT molecular complexity index is 1390. The molecule has 2 saturated heterocycles. The number of benzene rings is 2. The third-order valence-corrected chi connectivity index (χ3v) is 7.73. The van der Waals surface area contributed by atoms with E-state index in [4.69, 9.17) is 23.8 Å². The van der Waals surface area contributed by atoms with Gasteiger partial charge in [0.25, 0.3) is 0 Å². The highest BCUT2D eigenvalue weighted by Crippen LogP contribution is 2.33. The second-order valence-corrected chi connectivity index (χ2v) is 10.9. The summed E-state index contributed by atoms with van der Waals surface area (Å²) < 4.78 is 35.1. The van der Waals surface area contributed by atoms with E-state index in [1.165, 1.54) is 37.3 Å². The Balaban J connectivity index is 1.15. The zero-order valence-corrected chi connectivity index (χ0v) is 23.9. The summed E-state index contributed by atoms with van der Waals surface area (Å²) in [6, 6.07) is 9.01. The molecule has 0 aromatic heterocycles. The van der Waals surface area contributed by atoms with Crippen molar-refractivity contribution in [2.24, 2.45) is 5.16 Å². The van der Waals surface area contributed by atoms with Gasteiger partial charge in [-0.1, -0.05) is 23.4 Å². The summed E-state index contributed by atoms with van der Waals surface area (Å²) in [5.74, 6) is -1.13. The summed E-state index contributed by atoms with van der Waals surface area (Å²) in [5, 5.41) is 58.9. The summed E-state index contributed by atoms with van der Waals surface area (Å²) in [5.41, 5.74) is 1.73. The van der Waals surface area contributed by atoms with Crippen LogP contribution < -0.4 is 10.1 Å². The monoisotopic (exact) mass is 618 g/mol. The van der Waals surface area contributed by atoms with E-state index in [1.807, 2.05) is 0 Å². The lowest BCUT2D eigenvalue weighted by Crippen LogP contribution is -2.67. The first-order valence-electron chi connectivity index (χ1n) is 14.0. The molecule has 14 heteroatoms. The molecule has 1 aliphatic carbocycles. The van der Waals surface area contributed by atoms with Gasteiger partial charge in [0.05, 0.1) is 17.9 Å². The summed E-state index contributed by atoms with van der Waals surface area (Å²) in [6.45, 7) is 3.10. The number of nitrogens with zero attached hydrogens (tertiary/aromatic N) is 1. The van der Waals surface area contributed by atoms with Crippen molar-refractivity contribution in [3.63, 3.8) is 0 Å². The van der Waals surface area contributed by atoms with Crippen LogP contribution in [0.5, 0.6) is 11.5 Å². The maximum atomic E-state index is 13.1. The Morgan fingerprint density at radius 2 is 1.75 bits per heavy atom. The number of ether oxygens (including phenoxy) is 4. The number of phenols is 1. The van der Waals surface area contributed by atoms with Crippen LogP contribution in [0.2, 0.25) is 0 Å². The zero-order chi connectivity index (χ0) is 31.5. The minimum Gasteiger partial charge on any atom is -0.504 e. The number of halogens is 1. The van der Waals surface area contributed by atoms with Crippen molar-refractivity contribution in [3.8, 4) is 11.5 Å². The van der Waals surface area contributed by atoms with Crippen molar-refractivity contribution < 1.29 is 58.5 Å². The first kappa shape index (κ1) is 31.8. The topological polar surface area (TPSA) is 189 Å². The molecule has 2 aromatic rings. The van der Waals surface area contributed by atoms with E-state index < -0.39 is 61.0 Å². The number of hydrogen-bond acceptors (Lipinski definition) is 12. The molecule has 6 N–H and O–H groups in total. The van der Waals surface area contributed by atoms with E-state index in [0.29, 0.717) is 11.3 Å². The Morgan fingerprint density at radius 3 is 2.45 bits per heavy atom. The molecule has 0 bridgehead atoms. The normalized spacial score (nSPS) is 32.3. The molecule has 5 rings (SSSR count). The SMILES string of the molecule is C/C(=C\c1ccc(O[C@@H]2C[C@H](O)[C@@H](/C(C)=N/OCc3ccc(F)cc3)O2)c(O)c1)C(=O)N[C@@H]1[C@H](O)[C@@H](O)[C@H]2OCO[C@H]2[C@@H]1O. The van der Waals surface area contributed by atoms with E-state index in [0.717, 1.165) is 5.56 Å². The fraction of sp³-hybridized carbons (Fsp3) is 0.467. The molecule has 0 unspecified atom stereocenters. The van der Waals surface area contributed by atoms with Crippen molar-refractivity contribution in [1.29, 1.82) is 0 Å². The van der Waals surface area contributed by atoms with Crippen molar-refractivity contribution >= 4 is 17.7 Å². The van der Waals surface area contributed by atoms with Crippen LogP contribution in [0.25, 0.3) is 6.08 Å². The number of rotatable bonds is 9. The predicted molar refractivity (Wildman–Crippen MR) is 151 cm³/mol. The van der Waals surface area contributed by atoms with Gasteiger partial charge in [-0.3, -0.25) is 4.79 Å². The van der Waals surface area contributed by atoms with Gasteiger partial charge >= 0.3 is 0 Å². The van der Waals surface area contributed by atoms with Gasteiger partial charge < -0.3 is 54.6 Å². The van der Waals surface area contributed by atoms with Crippen molar-refractivity contribution in [3.05, 3.63) is 65.0 Å². The van der Waals surface area contributed by atoms with Gasteiger partial charge in [0, 0.05) is 12.0 Å². The second-order valence-electron chi connectivity index (χ2n) is 10.9. The molecular formula is C30H35FN2O11. The summed E-state index contributed by atoms with van der Waals surface area (Å²) >= 11 is 0. The summed E-state index contributed by atoms with van der Waals surface area (Å²) in [6.07, 6.45) is -7.01. The smallest absolute Gasteiger partial charge is 0.247 e. The van der Waals surface area contributed by atoms with Crippen LogP contribution in [0, 0.1) is 5.82 Å². The average molecular weight is 619 g/mol. The molecule has 1 amide bonds. The molecule has 0 spiro atoms. The van der Waals surface area contributed by atoms with Crippen LogP contribution in [0.3, 0.4) is 0 Å². The number of hydrogen-bond donors (Lipinski definition) is 6. The molecule has 3 fully saturated rings. The third kappa shape index (κ3) is 7.02. The number of fused-ring (bicyclic) bond motifs is 1. The number of carbonyl (C=O) groups excluding carboxylic acids is 1. The number of aliphatic hydroxyl groups is 4. The van der Waals surface area contributed by atoms with Gasteiger partial charge in [-0.05, 0) is 55.3 Å². The molecule has 1 saturated carbocycles. The number of aromatic hydroxyl groups is 1. The number of carbonyl (C=O) groups is 1. The first-order valence-corrected chi connectivity index (χ1v) is 14.0. The number of oxime groups is 1. The van der Waals surface area contributed by atoms with Gasteiger partial charge in [-0.2, -0.15) is 0 Å². The van der Waals surface area contributed by atoms with Crippen molar-refractivity contribution in [2.75, 3.05) is 6.79 Å². The highest BCUT2D eigenvalue weighted by Gasteiger charge is 2.53. The fourth-order valence-electron chi connectivity index (χ4n) is 5.33. The number of nitrogens with one attached hydrogen (secondary N) is 1. The molecule has 3 aliphatic rings. The number of amides is 1. The Labute approximate surface area is 252 Å². The van der Waals surface area contributed by atoms with Gasteiger partial charge in [0.1, 0.15) is 55.8 Å². The van der Waals surface area contributed by atoms with Crippen LogP contribution in [0.4, 0.5) is 4.39 Å². The zero-order valence-electron chi connectivity index (χ0n) is 23.9. The van der Waals surface area contributed by atoms with E-state index in [1.54, 1.807) is 25.1 Å². The quantitative estimate of drug-likeness (QED) is 0.132. The predicted octanol–water partition coefficient (Wildman–Crippen LogP) is 0.705. The fourth-order valence-corrected chi connectivity index (χ4v) is 5.33. The first-order chi connectivity index (χ1) is 21.0. The molecule has 238 valence electrons.